The van der Waals surface area contributed by atoms with Gasteiger partial charge in [-0.3, -0.25) is 9.80 Å². The molecule has 0 aromatic heterocycles. The van der Waals surface area contributed by atoms with Crippen LogP contribution in [0.2, 0.25) is 0 Å². The second-order valence-electron chi connectivity index (χ2n) is 20.8. The molecular formula is C63H149N11O4. The summed E-state index contributed by atoms with van der Waals surface area (Å²) < 4.78 is 15.4. The molecule has 13 N–H and O–H groups in total. The lowest BCUT2D eigenvalue weighted by atomic mass is 10.1. The predicted molar refractivity (Wildman–Crippen MR) is 349 cm³/mol. The van der Waals surface area contributed by atoms with E-state index in [0.717, 1.165) is 98.0 Å². The van der Waals surface area contributed by atoms with E-state index in [1.165, 1.54) is 213 Å². The molecule has 1 aliphatic rings. The number of nitrogens with two attached hydrogens (primary N) is 4. The van der Waals surface area contributed by atoms with E-state index in [1.807, 2.05) is 14.1 Å². The zero-order chi connectivity index (χ0) is 59.2. The Kier molecular flexibility index (Phi) is 105. The summed E-state index contributed by atoms with van der Waals surface area (Å²) in [6.07, 6.45) is 37.0. The summed E-state index contributed by atoms with van der Waals surface area (Å²) in [6, 6.07) is 0. The standard InChI is InChI=1S/C12H27N.C11H26N4.C11H25N.C9H22N2.C7H17NO2.C7H16O.C6H16N2O/c1-2-3-4-5-6-7-8-9-10-11-12-13;1-2-4-13-5-7-15-10-8-14(6-3-12)9-11-15;1-4-6-8-10-12(3)11-9-7-5-2;1-2-3-4-5-8-11-9-6-7-10;1-2-4-9-6-7-10-5-3-8;1-2-3-4-5-6-7-8;1-7-3-5-9-6-4-8-2/h2-13H2,1H3;13H,2-12H2,1H3;4-11H2,1-3H3;11H,2-10H2,1H3;2-8H2,1H3;8H,2-7H2,1H3;7-8H,3-6H2,1-2H3. The van der Waals surface area contributed by atoms with Crippen molar-refractivity contribution in [2.45, 2.75) is 228 Å². The van der Waals surface area contributed by atoms with Crippen LogP contribution in [0, 0.1) is 0 Å². The van der Waals surface area contributed by atoms with Gasteiger partial charge < -0.3 is 68.4 Å². The van der Waals surface area contributed by atoms with E-state index in [-0.39, 0.29) is 0 Å². The van der Waals surface area contributed by atoms with Gasteiger partial charge in [0.25, 0.3) is 0 Å². The van der Waals surface area contributed by atoms with Gasteiger partial charge in [0.1, 0.15) is 0 Å². The molecule has 480 valence electrons. The van der Waals surface area contributed by atoms with Crippen molar-refractivity contribution < 1.29 is 19.3 Å². The van der Waals surface area contributed by atoms with Gasteiger partial charge in [0.2, 0.25) is 0 Å². The lowest BCUT2D eigenvalue weighted by molar-refractivity contribution is 0.0510. The summed E-state index contributed by atoms with van der Waals surface area (Å²) in [5.41, 5.74) is 21.5. The Hall–Kier alpha value is -0.600. The van der Waals surface area contributed by atoms with Crippen molar-refractivity contribution in [1.82, 2.24) is 36.0 Å². The van der Waals surface area contributed by atoms with E-state index in [2.05, 4.69) is 91.5 Å². The molecule has 1 saturated heterocycles. The minimum atomic E-state index is 0.365. The monoisotopic (exact) mass is 1120 g/mol. The summed E-state index contributed by atoms with van der Waals surface area (Å²) >= 11 is 0. The Bertz CT molecular complexity index is 852. The van der Waals surface area contributed by atoms with Gasteiger partial charge in [-0.15, -0.1) is 0 Å². The Morgan fingerprint density at radius 1 is 0.359 bits per heavy atom. The molecule has 0 bridgehead atoms. The molecule has 0 aliphatic carbocycles. The Labute approximate surface area is 489 Å². The number of unbranched alkanes of at least 4 members (excludes halogenated alkanes) is 20. The summed E-state index contributed by atoms with van der Waals surface area (Å²) in [7, 11) is 6.08. The number of piperazine rings is 1. The first-order chi connectivity index (χ1) is 38.2. The van der Waals surface area contributed by atoms with E-state index in [9.17, 15) is 0 Å². The molecule has 0 amide bonds. The quantitative estimate of drug-likeness (QED) is 0.0260. The Morgan fingerprint density at radius 3 is 1.18 bits per heavy atom. The molecular weight excluding hydrogens is 975 g/mol. The predicted octanol–water partition coefficient (Wildman–Crippen LogP) is 10.0. The molecule has 15 heteroatoms. The van der Waals surface area contributed by atoms with E-state index in [1.54, 1.807) is 0 Å². The number of rotatable bonds is 51. The third-order valence-corrected chi connectivity index (χ3v) is 12.8. The number of aliphatic hydroxyl groups excluding tert-OH is 1. The molecule has 0 unspecified atom stereocenters. The van der Waals surface area contributed by atoms with E-state index in [4.69, 9.17) is 42.3 Å². The molecule has 0 spiro atoms. The van der Waals surface area contributed by atoms with Gasteiger partial charge in [-0.1, -0.05) is 177 Å². The molecule has 0 radical (unpaired) electrons. The lowest BCUT2D eigenvalue weighted by Crippen LogP contribution is -2.49. The number of hydrogen-bond donors (Lipinski definition) is 9. The van der Waals surface area contributed by atoms with Crippen LogP contribution < -0.4 is 44.2 Å². The lowest BCUT2D eigenvalue weighted by Gasteiger charge is -2.34. The van der Waals surface area contributed by atoms with E-state index >= 15 is 0 Å². The van der Waals surface area contributed by atoms with Gasteiger partial charge in [0, 0.05) is 85.2 Å². The fourth-order valence-corrected chi connectivity index (χ4v) is 7.71. The Morgan fingerprint density at radius 2 is 0.756 bits per heavy atom. The van der Waals surface area contributed by atoms with Crippen LogP contribution in [0.15, 0.2) is 0 Å². The van der Waals surface area contributed by atoms with Crippen molar-refractivity contribution in [3.05, 3.63) is 0 Å². The summed E-state index contributed by atoms with van der Waals surface area (Å²) in [5.74, 6) is 0. The summed E-state index contributed by atoms with van der Waals surface area (Å²) in [5, 5.41) is 21.2. The highest BCUT2D eigenvalue weighted by atomic mass is 16.5. The average Bonchev–Trinajstić information content (AvgIpc) is 3.45. The van der Waals surface area contributed by atoms with Crippen molar-refractivity contribution in [3.8, 4) is 0 Å². The molecule has 0 atom stereocenters. The van der Waals surface area contributed by atoms with Gasteiger partial charge >= 0.3 is 0 Å². The van der Waals surface area contributed by atoms with Gasteiger partial charge in [-0.2, -0.15) is 0 Å². The normalized spacial score (nSPS) is 12.2. The number of aliphatic hydroxyl groups is 1. The number of likely N-dealkylation sites (N-methyl/N-ethyl adjacent to an activating group) is 2. The zero-order valence-corrected chi connectivity index (χ0v) is 54.8. The first kappa shape index (κ1) is 88.6. The minimum absolute atomic E-state index is 0.365. The van der Waals surface area contributed by atoms with Crippen molar-refractivity contribution in [2.75, 3.05) is 185 Å². The summed E-state index contributed by atoms with van der Waals surface area (Å²) in [6.45, 7) is 39.4. The molecule has 15 nitrogen and oxygen atoms in total. The second kappa shape index (κ2) is 92.8. The minimum Gasteiger partial charge on any atom is -0.396 e. The van der Waals surface area contributed by atoms with Crippen LogP contribution in [0.3, 0.4) is 0 Å². The second-order valence-corrected chi connectivity index (χ2v) is 20.8. The van der Waals surface area contributed by atoms with E-state index < -0.39 is 0 Å². The molecule has 1 rings (SSSR count). The average molecular weight is 1120 g/mol. The van der Waals surface area contributed by atoms with Crippen LogP contribution in [0.4, 0.5) is 0 Å². The van der Waals surface area contributed by atoms with Crippen molar-refractivity contribution in [1.29, 1.82) is 0 Å². The van der Waals surface area contributed by atoms with E-state index in [0.29, 0.717) is 33.0 Å². The smallest absolute Gasteiger partial charge is 0.0701 e. The van der Waals surface area contributed by atoms with Crippen LogP contribution in [-0.4, -0.2) is 205 Å². The number of nitrogens with zero attached hydrogens (tertiary/aromatic N) is 3. The van der Waals surface area contributed by atoms with Crippen molar-refractivity contribution in [3.63, 3.8) is 0 Å². The Balaban J connectivity index is -0.000000196. The van der Waals surface area contributed by atoms with Gasteiger partial charge in [-0.25, -0.2) is 0 Å². The number of nitrogens with one attached hydrogen (secondary N) is 4. The van der Waals surface area contributed by atoms with Gasteiger partial charge in [-0.05, 0) is 118 Å². The highest BCUT2D eigenvalue weighted by molar-refractivity contribution is 4.72. The van der Waals surface area contributed by atoms with Crippen LogP contribution in [0.1, 0.15) is 228 Å². The van der Waals surface area contributed by atoms with Crippen LogP contribution in [0.5, 0.6) is 0 Å². The van der Waals surface area contributed by atoms with Crippen LogP contribution in [0.25, 0.3) is 0 Å². The van der Waals surface area contributed by atoms with Crippen molar-refractivity contribution in [2.24, 2.45) is 22.9 Å². The topological polar surface area (TPSA) is 210 Å². The summed E-state index contributed by atoms with van der Waals surface area (Å²) in [4.78, 5) is 7.46. The van der Waals surface area contributed by atoms with Gasteiger partial charge in [0.05, 0.1) is 33.0 Å². The van der Waals surface area contributed by atoms with Gasteiger partial charge in [0.15, 0.2) is 0 Å². The maximum absolute atomic E-state index is 8.37. The highest BCUT2D eigenvalue weighted by Gasteiger charge is 2.15. The first-order valence-electron chi connectivity index (χ1n) is 33.2. The highest BCUT2D eigenvalue weighted by Crippen LogP contribution is 2.10. The van der Waals surface area contributed by atoms with Crippen LogP contribution >= 0.6 is 0 Å². The largest absolute Gasteiger partial charge is 0.396 e. The molecule has 0 saturated carbocycles. The fraction of sp³-hybridized carbons (Fsp3) is 1.00. The first-order valence-corrected chi connectivity index (χ1v) is 33.2. The van der Waals surface area contributed by atoms with Crippen LogP contribution in [-0.2, 0) is 14.2 Å². The third kappa shape index (κ3) is 101. The zero-order valence-electron chi connectivity index (χ0n) is 54.8. The maximum atomic E-state index is 8.37. The molecule has 0 aromatic rings. The molecule has 1 heterocycles. The molecule has 1 fully saturated rings. The third-order valence-electron chi connectivity index (χ3n) is 12.8. The number of hydrogen-bond acceptors (Lipinski definition) is 15. The fourth-order valence-electron chi connectivity index (χ4n) is 7.71. The SMILES string of the molecule is CCCCCCCCCCCCN.CCCCCCCO.CCCCCCNCCCN.CCCCCN(C)CCCCC.CCCNCCN1CCN(CCN)CC1.CCCOCCOCCN.CNCCOCCNC. The molecule has 0 aromatic carbocycles. The van der Waals surface area contributed by atoms with Crippen molar-refractivity contribution >= 4 is 0 Å². The molecule has 78 heavy (non-hydrogen) atoms. The maximum Gasteiger partial charge on any atom is 0.0701 e. The molecule has 1 aliphatic heterocycles. The number of ether oxygens (including phenoxy) is 3.